The first-order valence-corrected chi connectivity index (χ1v) is 13.5. The van der Waals surface area contributed by atoms with E-state index in [2.05, 4.69) is 4.72 Å². The summed E-state index contributed by atoms with van der Waals surface area (Å²) in [7, 11) is -1.73. The molecule has 0 fully saturated rings. The van der Waals surface area contributed by atoms with E-state index in [1.54, 1.807) is 54.3 Å². The molecule has 0 saturated heterocycles. The Hall–Kier alpha value is -3.15. The van der Waals surface area contributed by atoms with Crippen molar-refractivity contribution in [3.05, 3.63) is 59.2 Å². The number of carbonyl (C=O) groups excluding carboxylic acids is 1. The van der Waals surface area contributed by atoms with Crippen molar-refractivity contribution in [3.8, 4) is 5.75 Å². The summed E-state index contributed by atoms with van der Waals surface area (Å²) in [6, 6.07) is 10.9. The van der Waals surface area contributed by atoms with E-state index in [0.717, 1.165) is 11.8 Å². The zero-order valence-corrected chi connectivity index (χ0v) is 21.7. The fraction of sp³-hybridized carbons (Fsp3) is 0.440. The summed E-state index contributed by atoms with van der Waals surface area (Å²) >= 11 is 0. The minimum Gasteiger partial charge on any atom is -0.486 e. The maximum absolute atomic E-state index is 13.4. The Kier molecular flexibility index (Phi) is 8.59. The average molecular weight is 520 g/mol. The summed E-state index contributed by atoms with van der Waals surface area (Å²) in [4.78, 5) is 28.1. The molecule has 3 N–H and O–H groups in total. The Morgan fingerprint density at radius 2 is 1.92 bits per heavy atom. The lowest BCUT2D eigenvalue weighted by Gasteiger charge is -2.38. The van der Waals surface area contributed by atoms with E-state index in [1.165, 1.54) is 0 Å². The van der Waals surface area contributed by atoms with Crippen molar-refractivity contribution in [2.75, 3.05) is 37.7 Å². The number of hydrogen-bond donors (Lipinski definition) is 3. The fourth-order valence-corrected chi connectivity index (χ4v) is 4.74. The van der Waals surface area contributed by atoms with Crippen molar-refractivity contribution >= 4 is 27.6 Å². The normalized spacial score (nSPS) is 19.2. The average Bonchev–Trinajstić information content (AvgIpc) is 2.80. The topological polar surface area (TPSA) is 136 Å². The molecule has 36 heavy (non-hydrogen) atoms. The lowest BCUT2D eigenvalue weighted by Crippen LogP contribution is -2.49. The predicted molar refractivity (Wildman–Crippen MR) is 136 cm³/mol. The first-order valence-electron chi connectivity index (χ1n) is 11.6. The number of benzene rings is 2. The number of aliphatic hydroxyl groups is 1. The number of carboxylic acids is 1. The second kappa shape index (κ2) is 11.3. The SMILES string of the molecule is C[C@H]1CN([C@@H](C)CO)C(=O)c2cccc(NS(C)(=O)=O)c2O[C@@H]1CN(C)Cc1ccc(C(=O)O)cc1. The number of nitrogens with zero attached hydrogens (tertiary/aromatic N) is 2. The molecule has 0 saturated carbocycles. The molecular formula is C25H33N3O7S. The van der Waals surface area contributed by atoms with E-state index < -0.39 is 28.1 Å². The maximum Gasteiger partial charge on any atom is 0.335 e. The number of anilines is 1. The first-order chi connectivity index (χ1) is 16.9. The van der Waals surface area contributed by atoms with Gasteiger partial charge in [0.25, 0.3) is 5.91 Å². The number of aliphatic hydroxyl groups excluding tert-OH is 1. The maximum atomic E-state index is 13.4. The number of hydrogen-bond acceptors (Lipinski definition) is 7. The van der Waals surface area contributed by atoms with Gasteiger partial charge in [0.1, 0.15) is 6.10 Å². The van der Waals surface area contributed by atoms with Crippen LogP contribution >= 0.6 is 0 Å². The van der Waals surface area contributed by atoms with Crippen LogP contribution in [0.3, 0.4) is 0 Å². The molecular weight excluding hydrogens is 486 g/mol. The number of carbonyl (C=O) groups is 2. The molecule has 2 aromatic carbocycles. The van der Waals surface area contributed by atoms with Gasteiger partial charge in [-0.05, 0) is 43.8 Å². The highest BCUT2D eigenvalue weighted by molar-refractivity contribution is 7.92. The Morgan fingerprint density at radius 1 is 1.25 bits per heavy atom. The first kappa shape index (κ1) is 27.4. The number of likely N-dealkylation sites (N-methyl/N-ethyl adjacent to an activating group) is 1. The van der Waals surface area contributed by atoms with Crippen molar-refractivity contribution in [2.45, 2.75) is 32.5 Å². The van der Waals surface area contributed by atoms with Crippen LogP contribution < -0.4 is 9.46 Å². The quantitative estimate of drug-likeness (QED) is 0.458. The molecule has 0 bridgehead atoms. The standard InChI is InChI=1S/C25H33N3O7S/c1-16-12-28(17(2)15-29)24(30)20-6-5-7-21(26-36(4,33)34)23(20)35-22(16)14-27(3)13-18-8-10-19(11-9-18)25(31)32/h5-11,16-17,22,26,29H,12-15H2,1-4H3,(H,31,32)/t16-,17-,22+/m0/s1. The van der Waals surface area contributed by atoms with Crippen LogP contribution in [0.2, 0.25) is 0 Å². The molecule has 0 radical (unpaired) electrons. The third kappa shape index (κ3) is 6.74. The van der Waals surface area contributed by atoms with E-state index in [4.69, 9.17) is 9.84 Å². The zero-order chi connectivity index (χ0) is 26.6. The second-order valence-corrected chi connectivity index (χ2v) is 11.1. The number of rotatable bonds is 9. The highest BCUT2D eigenvalue weighted by Gasteiger charge is 2.34. The van der Waals surface area contributed by atoms with Gasteiger partial charge < -0.3 is 19.8 Å². The molecule has 10 nitrogen and oxygen atoms in total. The molecule has 1 aliphatic heterocycles. The number of aromatic carboxylic acids is 1. The van der Waals surface area contributed by atoms with Crippen LogP contribution in [0.1, 0.15) is 40.1 Å². The predicted octanol–water partition coefficient (Wildman–Crippen LogP) is 2.11. The van der Waals surface area contributed by atoms with Crippen molar-refractivity contribution in [3.63, 3.8) is 0 Å². The fourth-order valence-electron chi connectivity index (χ4n) is 4.18. The van der Waals surface area contributed by atoms with E-state index in [9.17, 15) is 23.1 Å². The van der Waals surface area contributed by atoms with Gasteiger partial charge in [0.05, 0.1) is 35.7 Å². The van der Waals surface area contributed by atoms with Gasteiger partial charge in [-0.2, -0.15) is 0 Å². The minimum absolute atomic E-state index is 0.152. The highest BCUT2D eigenvalue weighted by atomic mass is 32.2. The molecule has 0 aliphatic carbocycles. The number of carboxylic acid groups (broad SMARTS) is 1. The summed E-state index contributed by atoms with van der Waals surface area (Å²) in [5, 5.41) is 18.9. The van der Waals surface area contributed by atoms with Crippen LogP contribution in [0.25, 0.3) is 0 Å². The lowest BCUT2D eigenvalue weighted by atomic mass is 9.99. The van der Waals surface area contributed by atoms with Gasteiger partial charge in [-0.1, -0.05) is 25.1 Å². The number of amides is 1. The third-order valence-corrected chi connectivity index (χ3v) is 6.72. The largest absolute Gasteiger partial charge is 0.486 e. The number of para-hydroxylation sites is 1. The number of fused-ring (bicyclic) bond motifs is 1. The zero-order valence-electron chi connectivity index (χ0n) is 20.8. The number of ether oxygens (including phenoxy) is 1. The van der Waals surface area contributed by atoms with Gasteiger partial charge in [0.2, 0.25) is 10.0 Å². The van der Waals surface area contributed by atoms with Gasteiger partial charge in [0, 0.05) is 25.6 Å². The van der Waals surface area contributed by atoms with Gasteiger partial charge in [-0.3, -0.25) is 14.4 Å². The number of nitrogens with one attached hydrogen (secondary N) is 1. The molecule has 1 amide bonds. The molecule has 0 spiro atoms. The molecule has 0 aromatic heterocycles. The molecule has 2 aromatic rings. The highest BCUT2D eigenvalue weighted by Crippen LogP contribution is 2.35. The van der Waals surface area contributed by atoms with Crippen molar-refractivity contribution < 1.29 is 33.0 Å². The van der Waals surface area contributed by atoms with Gasteiger partial charge >= 0.3 is 5.97 Å². The summed E-state index contributed by atoms with van der Waals surface area (Å²) < 4.78 is 32.8. The Morgan fingerprint density at radius 3 is 2.50 bits per heavy atom. The Bertz CT molecular complexity index is 1200. The lowest BCUT2D eigenvalue weighted by molar-refractivity contribution is 0.0344. The van der Waals surface area contributed by atoms with Crippen LogP contribution in [0.5, 0.6) is 5.75 Å². The van der Waals surface area contributed by atoms with E-state index in [-0.39, 0.29) is 41.0 Å². The molecule has 0 unspecified atom stereocenters. The Labute approximate surface area is 211 Å². The minimum atomic E-state index is -3.64. The van der Waals surface area contributed by atoms with Crippen molar-refractivity contribution in [1.82, 2.24) is 9.80 Å². The monoisotopic (exact) mass is 519 g/mol. The summed E-state index contributed by atoms with van der Waals surface area (Å²) in [6.45, 7) is 4.81. The van der Waals surface area contributed by atoms with Crippen LogP contribution in [-0.2, 0) is 16.6 Å². The van der Waals surface area contributed by atoms with Gasteiger partial charge in [-0.15, -0.1) is 0 Å². The second-order valence-electron chi connectivity index (χ2n) is 9.38. The molecule has 11 heteroatoms. The van der Waals surface area contributed by atoms with Gasteiger partial charge in [0.15, 0.2) is 5.75 Å². The van der Waals surface area contributed by atoms with E-state index in [1.807, 2.05) is 18.9 Å². The Balaban J connectivity index is 1.93. The summed E-state index contributed by atoms with van der Waals surface area (Å²) in [5.74, 6) is -1.33. The van der Waals surface area contributed by atoms with E-state index in [0.29, 0.717) is 19.6 Å². The molecule has 196 valence electrons. The van der Waals surface area contributed by atoms with Gasteiger partial charge in [-0.25, -0.2) is 13.2 Å². The van der Waals surface area contributed by atoms with Crippen LogP contribution in [0.15, 0.2) is 42.5 Å². The molecule has 1 heterocycles. The summed E-state index contributed by atoms with van der Waals surface area (Å²) in [6.07, 6.45) is 0.608. The summed E-state index contributed by atoms with van der Waals surface area (Å²) in [5.41, 5.74) is 1.52. The van der Waals surface area contributed by atoms with Crippen LogP contribution in [0.4, 0.5) is 5.69 Å². The smallest absolute Gasteiger partial charge is 0.335 e. The van der Waals surface area contributed by atoms with E-state index >= 15 is 0 Å². The van der Waals surface area contributed by atoms with Crippen molar-refractivity contribution in [2.24, 2.45) is 5.92 Å². The number of sulfonamides is 1. The molecule has 3 rings (SSSR count). The molecule has 3 atom stereocenters. The molecule has 1 aliphatic rings. The van der Waals surface area contributed by atoms with Crippen LogP contribution in [-0.4, -0.2) is 85.5 Å². The third-order valence-electron chi connectivity index (χ3n) is 6.13. The van der Waals surface area contributed by atoms with Crippen LogP contribution in [0, 0.1) is 5.92 Å². The van der Waals surface area contributed by atoms with Crippen molar-refractivity contribution in [1.29, 1.82) is 0 Å².